The van der Waals surface area contributed by atoms with Crippen LogP contribution in [-0.4, -0.2) is 12.4 Å². The third-order valence-electron chi connectivity index (χ3n) is 3.75. The van der Waals surface area contributed by atoms with Crippen LogP contribution in [0.1, 0.15) is 29.2 Å². The largest absolute Gasteiger partial charge is 0.373 e. The van der Waals surface area contributed by atoms with Crippen LogP contribution in [0.15, 0.2) is 54.6 Å². The molecule has 1 heterocycles. The number of carbonyl (C=O) groups excluding carboxylic acids is 1. The zero-order valence-corrected chi connectivity index (χ0v) is 11.4. The second-order valence-corrected chi connectivity index (χ2v) is 5.21. The molecule has 1 aliphatic heterocycles. The highest BCUT2D eigenvalue weighted by molar-refractivity contribution is 5.81. The summed E-state index contributed by atoms with van der Waals surface area (Å²) in [5.41, 5.74) is 3.57. The lowest BCUT2D eigenvalue weighted by atomic mass is 9.93. The van der Waals surface area contributed by atoms with Crippen LogP contribution < -0.4 is 0 Å². The maximum atomic E-state index is 12.2. The van der Waals surface area contributed by atoms with Gasteiger partial charge in [0.05, 0.1) is 12.7 Å². The molecule has 2 nitrogen and oxygen atoms in total. The summed E-state index contributed by atoms with van der Waals surface area (Å²) in [6.07, 6.45) is 1.82. The number of hydrogen-bond donors (Lipinski definition) is 0. The van der Waals surface area contributed by atoms with Gasteiger partial charge in [-0.25, -0.2) is 0 Å². The van der Waals surface area contributed by atoms with Crippen molar-refractivity contribution in [2.24, 2.45) is 0 Å². The number of ether oxygens (including phenoxy) is 1. The molecule has 0 radical (unpaired) electrons. The molecule has 3 rings (SSSR count). The monoisotopic (exact) mass is 266 g/mol. The number of fused-ring (bicyclic) bond motifs is 1. The van der Waals surface area contributed by atoms with Crippen molar-refractivity contribution >= 4 is 5.78 Å². The van der Waals surface area contributed by atoms with Crippen LogP contribution in [0.3, 0.4) is 0 Å². The molecule has 1 aliphatic rings. The molecule has 0 bridgehead atoms. The van der Waals surface area contributed by atoms with Crippen molar-refractivity contribution in [3.63, 3.8) is 0 Å². The van der Waals surface area contributed by atoms with E-state index in [0.29, 0.717) is 19.4 Å². The van der Waals surface area contributed by atoms with E-state index in [9.17, 15) is 4.79 Å². The molecule has 1 unspecified atom stereocenters. The molecule has 2 heteroatoms. The molecule has 0 amide bonds. The zero-order chi connectivity index (χ0) is 13.8. The minimum absolute atomic E-state index is 0.0730. The summed E-state index contributed by atoms with van der Waals surface area (Å²) in [6, 6.07) is 18.2. The minimum atomic E-state index is -0.0730. The second kappa shape index (κ2) is 6.02. The Morgan fingerprint density at radius 3 is 2.65 bits per heavy atom. The summed E-state index contributed by atoms with van der Waals surface area (Å²) in [7, 11) is 0. The van der Waals surface area contributed by atoms with Gasteiger partial charge in [-0.3, -0.25) is 4.79 Å². The van der Waals surface area contributed by atoms with Crippen LogP contribution in [-0.2, 0) is 22.4 Å². The Morgan fingerprint density at radius 2 is 1.80 bits per heavy atom. The number of hydrogen-bond acceptors (Lipinski definition) is 2. The van der Waals surface area contributed by atoms with E-state index in [4.69, 9.17) is 4.74 Å². The van der Waals surface area contributed by atoms with Crippen molar-refractivity contribution in [1.82, 2.24) is 0 Å². The first-order valence-corrected chi connectivity index (χ1v) is 7.08. The van der Waals surface area contributed by atoms with Gasteiger partial charge in [0.1, 0.15) is 5.78 Å². The number of carbonyl (C=O) groups is 1. The zero-order valence-electron chi connectivity index (χ0n) is 11.4. The average Bonchev–Trinajstić information content (AvgIpc) is 2.48. The molecule has 20 heavy (non-hydrogen) atoms. The number of benzene rings is 2. The van der Waals surface area contributed by atoms with Crippen molar-refractivity contribution in [3.8, 4) is 0 Å². The van der Waals surface area contributed by atoms with Gasteiger partial charge in [-0.15, -0.1) is 0 Å². The molecule has 2 aromatic rings. The number of ketones is 1. The van der Waals surface area contributed by atoms with E-state index in [1.807, 2.05) is 42.5 Å². The van der Waals surface area contributed by atoms with E-state index >= 15 is 0 Å². The Hall–Kier alpha value is -1.93. The van der Waals surface area contributed by atoms with Crippen molar-refractivity contribution in [2.45, 2.75) is 25.4 Å². The number of Topliss-reactive ketones (excluding diaryl/α,β-unsaturated/α-hetero) is 1. The molecule has 0 N–H and O–H groups in total. The van der Waals surface area contributed by atoms with Gasteiger partial charge >= 0.3 is 0 Å². The van der Waals surface area contributed by atoms with Gasteiger partial charge < -0.3 is 4.74 Å². The third kappa shape index (κ3) is 2.97. The Bertz CT molecular complexity index is 589. The van der Waals surface area contributed by atoms with Gasteiger partial charge in [0.25, 0.3) is 0 Å². The van der Waals surface area contributed by atoms with Gasteiger partial charge in [0, 0.05) is 12.8 Å². The van der Waals surface area contributed by atoms with Crippen LogP contribution in [0.2, 0.25) is 0 Å². The van der Waals surface area contributed by atoms with Gasteiger partial charge in [0.2, 0.25) is 0 Å². The molecule has 0 aliphatic carbocycles. The van der Waals surface area contributed by atoms with Crippen molar-refractivity contribution in [3.05, 3.63) is 71.3 Å². The molecule has 102 valence electrons. The van der Waals surface area contributed by atoms with Gasteiger partial charge in [-0.1, -0.05) is 54.6 Å². The van der Waals surface area contributed by atoms with E-state index in [1.54, 1.807) is 0 Å². The van der Waals surface area contributed by atoms with Crippen LogP contribution in [0.25, 0.3) is 0 Å². The van der Waals surface area contributed by atoms with E-state index in [2.05, 4.69) is 12.1 Å². The van der Waals surface area contributed by atoms with E-state index in [0.717, 1.165) is 12.0 Å². The fourth-order valence-corrected chi connectivity index (χ4v) is 2.75. The predicted molar refractivity (Wildman–Crippen MR) is 78.6 cm³/mol. The first kappa shape index (κ1) is 13.1. The minimum Gasteiger partial charge on any atom is -0.373 e. The molecule has 0 aromatic heterocycles. The summed E-state index contributed by atoms with van der Waals surface area (Å²) >= 11 is 0. The van der Waals surface area contributed by atoms with E-state index in [-0.39, 0.29) is 11.9 Å². The smallest absolute Gasteiger partial charge is 0.140 e. The average molecular weight is 266 g/mol. The maximum absolute atomic E-state index is 12.2. The molecule has 0 saturated carbocycles. The molecule has 0 saturated heterocycles. The molecule has 1 atom stereocenters. The molecular weight excluding hydrogens is 248 g/mol. The second-order valence-electron chi connectivity index (χ2n) is 5.21. The highest BCUT2D eigenvalue weighted by Gasteiger charge is 2.22. The first-order valence-electron chi connectivity index (χ1n) is 7.08. The van der Waals surface area contributed by atoms with Crippen molar-refractivity contribution in [2.75, 3.05) is 6.61 Å². The highest BCUT2D eigenvalue weighted by Crippen LogP contribution is 2.29. The fourth-order valence-electron chi connectivity index (χ4n) is 2.75. The lowest BCUT2D eigenvalue weighted by Gasteiger charge is -2.25. The summed E-state index contributed by atoms with van der Waals surface area (Å²) in [5.74, 6) is 0.234. The Morgan fingerprint density at radius 1 is 1.05 bits per heavy atom. The van der Waals surface area contributed by atoms with Crippen molar-refractivity contribution < 1.29 is 9.53 Å². The Balaban J connectivity index is 1.68. The molecule has 0 spiro atoms. The summed E-state index contributed by atoms with van der Waals surface area (Å²) in [5, 5.41) is 0. The SMILES string of the molecule is O=C(Cc1ccccc1)CC1OCCc2ccccc21. The Kier molecular flexibility index (Phi) is 3.93. The Labute approximate surface area is 119 Å². The van der Waals surface area contributed by atoms with Gasteiger partial charge in [0.15, 0.2) is 0 Å². The third-order valence-corrected chi connectivity index (χ3v) is 3.75. The summed E-state index contributed by atoms with van der Waals surface area (Å²) < 4.78 is 5.79. The van der Waals surface area contributed by atoms with Crippen LogP contribution in [0.4, 0.5) is 0 Å². The number of rotatable bonds is 4. The standard InChI is InChI=1S/C18H18O2/c19-16(12-14-6-2-1-3-7-14)13-18-17-9-5-4-8-15(17)10-11-20-18/h1-9,18H,10-13H2. The first-order chi connectivity index (χ1) is 9.83. The topological polar surface area (TPSA) is 26.3 Å². The van der Waals surface area contributed by atoms with Crippen LogP contribution >= 0.6 is 0 Å². The quantitative estimate of drug-likeness (QED) is 0.846. The lowest BCUT2D eigenvalue weighted by Crippen LogP contribution is -2.19. The normalized spacial score (nSPS) is 17.5. The molecule has 2 aromatic carbocycles. The van der Waals surface area contributed by atoms with Crippen LogP contribution in [0.5, 0.6) is 0 Å². The highest BCUT2D eigenvalue weighted by atomic mass is 16.5. The predicted octanol–water partition coefficient (Wildman–Crippen LogP) is 3.50. The fraction of sp³-hybridized carbons (Fsp3) is 0.278. The molecule has 0 fully saturated rings. The maximum Gasteiger partial charge on any atom is 0.140 e. The van der Waals surface area contributed by atoms with Crippen LogP contribution in [0, 0.1) is 0 Å². The van der Waals surface area contributed by atoms with E-state index < -0.39 is 0 Å². The lowest BCUT2D eigenvalue weighted by molar-refractivity contribution is -0.121. The summed E-state index contributed by atoms with van der Waals surface area (Å²) in [6.45, 7) is 0.709. The van der Waals surface area contributed by atoms with E-state index in [1.165, 1.54) is 11.1 Å². The van der Waals surface area contributed by atoms with Gasteiger partial charge in [-0.05, 0) is 23.1 Å². The summed E-state index contributed by atoms with van der Waals surface area (Å²) in [4.78, 5) is 12.2. The molecular formula is C18H18O2. The van der Waals surface area contributed by atoms with Crippen molar-refractivity contribution in [1.29, 1.82) is 0 Å². The van der Waals surface area contributed by atoms with Gasteiger partial charge in [-0.2, -0.15) is 0 Å².